The predicted molar refractivity (Wildman–Crippen MR) is 102 cm³/mol. The van der Waals surface area contributed by atoms with E-state index in [0.29, 0.717) is 12.5 Å². The summed E-state index contributed by atoms with van der Waals surface area (Å²) in [7, 11) is 1.62. The van der Waals surface area contributed by atoms with Crippen molar-refractivity contribution in [1.29, 1.82) is 0 Å². The molecule has 0 saturated carbocycles. The molecule has 1 atom stereocenters. The largest absolute Gasteiger partial charge is 0.497 e. The lowest BCUT2D eigenvalue weighted by Crippen LogP contribution is -2.38. The molecule has 0 bridgehead atoms. The fraction of sp³-hybridized carbons (Fsp3) is 0.350. The normalized spacial score (nSPS) is 12.5. The van der Waals surface area contributed by atoms with E-state index in [2.05, 4.69) is 27.8 Å². The van der Waals surface area contributed by atoms with Gasteiger partial charge in [0.15, 0.2) is 5.96 Å². The number of methoxy groups -OCH3 is 1. The summed E-state index contributed by atoms with van der Waals surface area (Å²) in [4.78, 5) is 4.48. The molecule has 0 aromatic heterocycles. The Labute approximate surface area is 149 Å². The topological polar surface area (TPSA) is 65.9 Å². The summed E-state index contributed by atoms with van der Waals surface area (Å²) in [6.45, 7) is 3.88. The Hall–Kier alpha value is -2.53. The molecule has 0 fully saturated rings. The number of aliphatic imine (C=N–C) groups is 1. The Morgan fingerprint density at radius 1 is 1.08 bits per heavy atom. The fourth-order valence-electron chi connectivity index (χ4n) is 2.42. The highest BCUT2D eigenvalue weighted by atomic mass is 16.5. The number of hydrogen-bond acceptors (Lipinski definition) is 3. The monoisotopic (exact) mass is 341 g/mol. The minimum atomic E-state index is -0.643. The van der Waals surface area contributed by atoms with Gasteiger partial charge in [-0.25, -0.2) is 0 Å². The number of benzene rings is 2. The van der Waals surface area contributed by atoms with Crippen molar-refractivity contribution in [3.05, 3.63) is 65.7 Å². The number of nitrogens with one attached hydrogen (secondary N) is 2. The number of aliphatic hydroxyl groups is 1. The molecule has 2 aromatic rings. The van der Waals surface area contributed by atoms with Gasteiger partial charge < -0.3 is 20.5 Å². The Morgan fingerprint density at radius 3 is 2.44 bits per heavy atom. The molecule has 2 rings (SSSR count). The van der Waals surface area contributed by atoms with Gasteiger partial charge in [0, 0.05) is 13.1 Å². The molecule has 1 unspecified atom stereocenters. The van der Waals surface area contributed by atoms with Crippen molar-refractivity contribution >= 4 is 5.96 Å². The summed E-state index contributed by atoms with van der Waals surface area (Å²) >= 11 is 0. The van der Waals surface area contributed by atoms with E-state index in [1.807, 2.05) is 49.4 Å². The SMILES string of the molecule is CCNC(=NCC(O)c1ccc(OC)cc1)NCCc1ccccc1. The summed E-state index contributed by atoms with van der Waals surface area (Å²) in [5.74, 6) is 1.49. The Kier molecular flexibility index (Phi) is 7.79. The molecule has 2 aromatic carbocycles. The first-order valence-electron chi connectivity index (χ1n) is 8.61. The molecule has 0 aliphatic carbocycles. The molecule has 3 N–H and O–H groups in total. The predicted octanol–water partition coefficient (Wildman–Crippen LogP) is 2.53. The van der Waals surface area contributed by atoms with Gasteiger partial charge in [0.2, 0.25) is 0 Å². The first-order chi connectivity index (χ1) is 12.2. The zero-order valence-electron chi connectivity index (χ0n) is 14.9. The van der Waals surface area contributed by atoms with Crippen molar-refractivity contribution in [2.45, 2.75) is 19.4 Å². The van der Waals surface area contributed by atoms with Crippen LogP contribution in [0.4, 0.5) is 0 Å². The molecule has 25 heavy (non-hydrogen) atoms. The number of ether oxygens (including phenoxy) is 1. The van der Waals surface area contributed by atoms with Gasteiger partial charge in [-0.15, -0.1) is 0 Å². The first kappa shape index (κ1) is 18.8. The van der Waals surface area contributed by atoms with Crippen LogP contribution in [0.5, 0.6) is 5.75 Å². The van der Waals surface area contributed by atoms with E-state index in [-0.39, 0.29) is 0 Å². The van der Waals surface area contributed by atoms with Crippen LogP contribution in [0, 0.1) is 0 Å². The average molecular weight is 341 g/mol. The third-order valence-electron chi connectivity index (χ3n) is 3.82. The minimum Gasteiger partial charge on any atom is -0.497 e. The molecule has 0 amide bonds. The summed E-state index contributed by atoms with van der Waals surface area (Å²) in [6, 6.07) is 17.7. The highest BCUT2D eigenvalue weighted by Crippen LogP contribution is 2.17. The molecule has 0 radical (unpaired) electrons. The molecule has 0 heterocycles. The van der Waals surface area contributed by atoms with E-state index in [1.54, 1.807) is 7.11 Å². The van der Waals surface area contributed by atoms with Gasteiger partial charge in [-0.3, -0.25) is 4.99 Å². The molecule has 0 aliphatic rings. The van der Waals surface area contributed by atoms with Crippen LogP contribution in [-0.4, -0.2) is 37.8 Å². The molecule has 0 spiro atoms. The van der Waals surface area contributed by atoms with Crippen LogP contribution in [0.15, 0.2) is 59.6 Å². The fourth-order valence-corrected chi connectivity index (χ4v) is 2.42. The van der Waals surface area contributed by atoms with Crippen LogP contribution in [0.25, 0.3) is 0 Å². The molecule has 0 aliphatic heterocycles. The van der Waals surface area contributed by atoms with Gasteiger partial charge >= 0.3 is 0 Å². The molecular weight excluding hydrogens is 314 g/mol. The maximum absolute atomic E-state index is 10.3. The molecular formula is C20H27N3O2. The quantitative estimate of drug-likeness (QED) is 0.510. The van der Waals surface area contributed by atoms with E-state index >= 15 is 0 Å². The molecule has 5 nitrogen and oxygen atoms in total. The van der Waals surface area contributed by atoms with Crippen molar-refractivity contribution < 1.29 is 9.84 Å². The standard InChI is InChI=1S/C20H27N3O2/c1-3-21-20(22-14-13-16-7-5-4-6-8-16)23-15-19(24)17-9-11-18(25-2)12-10-17/h4-12,19,24H,3,13-15H2,1-2H3,(H2,21,22,23). The zero-order chi connectivity index (χ0) is 17.9. The Balaban J connectivity index is 1.86. The van der Waals surface area contributed by atoms with Crippen LogP contribution in [0.3, 0.4) is 0 Å². The van der Waals surface area contributed by atoms with Crippen LogP contribution in [0.2, 0.25) is 0 Å². The molecule has 5 heteroatoms. The highest BCUT2D eigenvalue weighted by molar-refractivity contribution is 5.79. The third kappa shape index (κ3) is 6.47. The van der Waals surface area contributed by atoms with E-state index in [4.69, 9.17) is 4.74 Å². The van der Waals surface area contributed by atoms with Gasteiger partial charge in [-0.2, -0.15) is 0 Å². The summed E-state index contributed by atoms with van der Waals surface area (Å²) < 4.78 is 5.13. The number of rotatable bonds is 8. The average Bonchev–Trinajstić information content (AvgIpc) is 2.66. The maximum atomic E-state index is 10.3. The molecule has 0 saturated heterocycles. The zero-order valence-corrected chi connectivity index (χ0v) is 14.9. The smallest absolute Gasteiger partial charge is 0.191 e. The number of aliphatic hydroxyl groups excluding tert-OH is 1. The lowest BCUT2D eigenvalue weighted by atomic mass is 10.1. The van der Waals surface area contributed by atoms with E-state index in [0.717, 1.165) is 30.8 Å². The van der Waals surface area contributed by atoms with Crippen molar-refractivity contribution in [1.82, 2.24) is 10.6 Å². The summed E-state index contributed by atoms with van der Waals surface area (Å²) in [6.07, 6.45) is 0.280. The van der Waals surface area contributed by atoms with Gasteiger partial charge in [0.05, 0.1) is 19.8 Å². The van der Waals surface area contributed by atoms with E-state index in [9.17, 15) is 5.11 Å². The third-order valence-corrected chi connectivity index (χ3v) is 3.82. The van der Waals surface area contributed by atoms with E-state index < -0.39 is 6.10 Å². The second-order valence-corrected chi connectivity index (χ2v) is 5.67. The van der Waals surface area contributed by atoms with Crippen molar-refractivity contribution in [3.8, 4) is 5.75 Å². The number of nitrogens with zero attached hydrogens (tertiary/aromatic N) is 1. The van der Waals surface area contributed by atoms with Gasteiger partial charge in [-0.05, 0) is 36.6 Å². The van der Waals surface area contributed by atoms with Crippen molar-refractivity contribution in [3.63, 3.8) is 0 Å². The summed E-state index contributed by atoms with van der Waals surface area (Å²) in [5, 5.41) is 16.8. The number of guanidine groups is 1. The second kappa shape index (κ2) is 10.4. The van der Waals surface area contributed by atoms with Crippen molar-refractivity contribution in [2.75, 3.05) is 26.7 Å². The van der Waals surface area contributed by atoms with Crippen LogP contribution < -0.4 is 15.4 Å². The lowest BCUT2D eigenvalue weighted by Gasteiger charge is -2.13. The van der Waals surface area contributed by atoms with Crippen LogP contribution in [-0.2, 0) is 6.42 Å². The Morgan fingerprint density at radius 2 is 1.80 bits per heavy atom. The van der Waals surface area contributed by atoms with Crippen molar-refractivity contribution in [2.24, 2.45) is 4.99 Å². The van der Waals surface area contributed by atoms with Gasteiger partial charge in [0.1, 0.15) is 5.75 Å². The summed E-state index contributed by atoms with van der Waals surface area (Å²) in [5.41, 5.74) is 2.11. The lowest BCUT2D eigenvalue weighted by molar-refractivity contribution is 0.187. The number of hydrogen-bond donors (Lipinski definition) is 3. The first-order valence-corrected chi connectivity index (χ1v) is 8.61. The van der Waals surface area contributed by atoms with Crippen LogP contribution in [0.1, 0.15) is 24.2 Å². The minimum absolute atomic E-state index is 0.299. The maximum Gasteiger partial charge on any atom is 0.191 e. The van der Waals surface area contributed by atoms with E-state index in [1.165, 1.54) is 5.56 Å². The van der Waals surface area contributed by atoms with Crippen LogP contribution >= 0.6 is 0 Å². The van der Waals surface area contributed by atoms with Gasteiger partial charge in [-0.1, -0.05) is 42.5 Å². The Bertz CT molecular complexity index is 642. The van der Waals surface area contributed by atoms with Gasteiger partial charge in [0.25, 0.3) is 0 Å². The molecule has 134 valence electrons. The highest BCUT2D eigenvalue weighted by Gasteiger charge is 2.07. The second-order valence-electron chi connectivity index (χ2n) is 5.67.